The van der Waals surface area contributed by atoms with E-state index in [2.05, 4.69) is 0 Å². The van der Waals surface area contributed by atoms with Crippen LogP contribution in [0.1, 0.15) is 6.92 Å². The fourth-order valence-corrected chi connectivity index (χ4v) is 1.14. The van der Waals surface area contributed by atoms with E-state index in [1.165, 1.54) is 0 Å². The standard InChI is InChI=1S/C11H16N2O/c1-11(12)7-4-5-9(6-8-11)10(14)13(2)3/h4-8H,12H2,1-3H3. The second-order valence-corrected chi connectivity index (χ2v) is 3.88. The summed E-state index contributed by atoms with van der Waals surface area (Å²) < 4.78 is 0. The second-order valence-electron chi connectivity index (χ2n) is 3.88. The van der Waals surface area contributed by atoms with Gasteiger partial charge in [0.15, 0.2) is 0 Å². The van der Waals surface area contributed by atoms with Gasteiger partial charge in [-0.1, -0.05) is 24.3 Å². The number of allylic oxidation sites excluding steroid dienone is 2. The van der Waals surface area contributed by atoms with Crippen LogP contribution in [0.2, 0.25) is 0 Å². The molecule has 0 spiro atoms. The lowest BCUT2D eigenvalue weighted by molar-refractivity contribution is -0.124. The number of hydrogen-bond donors (Lipinski definition) is 1. The SMILES string of the molecule is CN(C)C(=O)C1=CC=CC(C)(N)C=C1. The topological polar surface area (TPSA) is 46.3 Å². The van der Waals surface area contributed by atoms with Crippen LogP contribution in [-0.2, 0) is 4.79 Å². The summed E-state index contributed by atoms with van der Waals surface area (Å²) in [5, 5.41) is 0. The quantitative estimate of drug-likeness (QED) is 0.669. The molecule has 0 aromatic heterocycles. The smallest absolute Gasteiger partial charge is 0.253 e. The maximum atomic E-state index is 11.6. The lowest BCUT2D eigenvalue weighted by Gasteiger charge is -2.13. The Balaban J connectivity index is 2.90. The van der Waals surface area contributed by atoms with E-state index in [-0.39, 0.29) is 5.91 Å². The van der Waals surface area contributed by atoms with Crippen molar-refractivity contribution in [2.75, 3.05) is 14.1 Å². The Hall–Kier alpha value is -1.35. The van der Waals surface area contributed by atoms with Crippen molar-refractivity contribution in [3.05, 3.63) is 36.0 Å². The van der Waals surface area contributed by atoms with Gasteiger partial charge in [-0.05, 0) is 13.0 Å². The minimum Gasteiger partial charge on any atom is -0.345 e. The van der Waals surface area contributed by atoms with Gasteiger partial charge < -0.3 is 10.6 Å². The minimum atomic E-state index is -0.467. The molecule has 14 heavy (non-hydrogen) atoms. The summed E-state index contributed by atoms with van der Waals surface area (Å²) in [4.78, 5) is 13.1. The first-order valence-corrected chi connectivity index (χ1v) is 4.52. The molecule has 0 aromatic carbocycles. The zero-order chi connectivity index (χ0) is 10.8. The highest BCUT2D eigenvalue weighted by molar-refractivity contribution is 5.96. The van der Waals surface area contributed by atoms with E-state index in [0.29, 0.717) is 5.57 Å². The molecule has 0 aromatic rings. The Kier molecular flexibility index (Phi) is 2.91. The van der Waals surface area contributed by atoms with Gasteiger partial charge in [0.2, 0.25) is 0 Å². The minimum absolute atomic E-state index is 0.0106. The van der Waals surface area contributed by atoms with Gasteiger partial charge in [0.25, 0.3) is 5.91 Å². The van der Waals surface area contributed by atoms with Crippen molar-refractivity contribution in [2.45, 2.75) is 12.5 Å². The summed E-state index contributed by atoms with van der Waals surface area (Å²) in [7, 11) is 3.46. The van der Waals surface area contributed by atoms with Crippen LogP contribution in [-0.4, -0.2) is 30.4 Å². The molecule has 3 nitrogen and oxygen atoms in total. The first-order chi connectivity index (χ1) is 6.42. The molecule has 0 aliphatic heterocycles. The summed E-state index contributed by atoms with van der Waals surface area (Å²) in [5.41, 5.74) is 6.07. The Morgan fingerprint density at radius 2 is 2.07 bits per heavy atom. The fraction of sp³-hybridized carbons (Fsp3) is 0.364. The number of nitrogens with two attached hydrogens (primary N) is 1. The molecular formula is C11H16N2O. The van der Waals surface area contributed by atoms with E-state index >= 15 is 0 Å². The maximum absolute atomic E-state index is 11.6. The molecule has 1 unspecified atom stereocenters. The number of likely N-dealkylation sites (N-methyl/N-ethyl adjacent to an activating group) is 1. The molecule has 1 rings (SSSR count). The summed E-state index contributed by atoms with van der Waals surface area (Å²) >= 11 is 0. The van der Waals surface area contributed by atoms with Crippen molar-refractivity contribution in [3.63, 3.8) is 0 Å². The van der Waals surface area contributed by atoms with Crippen LogP contribution < -0.4 is 5.73 Å². The third-order valence-corrected chi connectivity index (χ3v) is 2.01. The zero-order valence-electron chi connectivity index (χ0n) is 8.82. The summed E-state index contributed by atoms with van der Waals surface area (Å²) in [6.07, 6.45) is 9.04. The van der Waals surface area contributed by atoms with Gasteiger partial charge >= 0.3 is 0 Å². The first kappa shape index (κ1) is 10.7. The molecule has 1 atom stereocenters. The van der Waals surface area contributed by atoms with E-state index < -0.39 is 5.54 Å². The van der Waals surface area contributed by atoms with Gasteiger partial charge in [-0.2, -0.15) is 0 Å². The monoisotopic (exact) mass is 192 g/mol. The number of carbonyl (C=O) groups is 1. The van der Waals surface area contributed by atoms with Gasteiger partial charge in [0, 0.05) is 19.7 Å². The van der Waals surface area contributed by atoms with Crippen LogP contribution in [0.3, 0.4) is 0 Å². The summed E-state index contributed by atoms with van der Waals surface area (Å²) in [6, 6.07) is 0. The lowest BCUT2D eigenvalue weighted by Crippen LogP contribution is -2.30. The van der Waals surface area contributed by atoms with Crippen LogP contribution in [0.4, 0.5) is 0 Å². The molecule has 1 aliphatic carbocycles. The summed E-state index contributed by atoms with van der Waals surface area (Å²) in [6.45, 7) is 1.89. The summed E-state index contributed by atoms with van der Waals surface area (Å²) in [5.74, 6) is -0.0106. The van der Waals surface area contributed by atoms with Crippen molar-refractivity contribution < 1.29 is 4.79 Å². The fourth-order valence-electron chi connectivity index (χ4n) is 1.14. The number of nitrogens with zero attached hydrogens (tertiary/aromatic N) is 1. The average molecular weight is 192 g/mol. The van der Waals surface area contributed by atoms with Crippen LogP contribution in [0.25, 0.3) is 0 Å². The number of carbonyl (C=O) groups excluding carboxylic acids is 1. The van der Waals surface area contributed by atoms with Crippen molar-refractivity contribution in [3.8, 4) is 0 Å². The van der Waals surface area contributed by atoms with Gasteiger partial charge in [-0.15, -0.1) is 0 Å². The normalized spacial score (nSPS) is 25.6. The Morgan fingerprint density at radius 1 is 1.43 bits per heavy atom. The molecule has 0 saturated heterocycles. The van der Waals surface area contributed by atoms with E-state index in [1.54, 1.807) is 31.1 Å². The third kappa shape index (κ3) is 2.57. The molecule has 76 valence electrons. The van der Waals surface area contributed by atoms with Crippen LogP contribution >= 0.6 is 0 Å². The predicted octanol–water partition coefficient (Wildman–Crippen LogP) is 0.844. The van der Waals surface area contributed by atoms with Crippen molar-refractivity contribution in [1.29, 1.82) is 0 Å². The molecule has 1 aliphatic rings. The highest BCUT2D eigenvalue weighted by Crippen LogP contribution is 2.12. The highest BCUT2D eigenvalue weighted by atomic mass is 16.2. The second kappa shape index (κ2) is 3.80. The van der Waals surface area contributed by atoms with Gasteiger partial charge in [0.1, 0.15) is 0 Å². The Labute approximate surface area is 84.6 Å². The van der Waals surface area contributed by atoms with Gasteiger partial charge in [0.05, 0.1) is 5.54 Å². The molecule has 0 bridgehead atoms. The Bertz CT molecular complexity index is 322. The van der Waals surface area contributed by atoms with Gasteiger partial charge in [-0.25, -0.2) is 0 Å². The average Bonchev–Trinajstić information content (AvgIpc) is 2.25. The molecule has 3 heteroatoms. The van der Waals surface area contributed by atoms with Crippen LogP contribution in [0.5, 0.6) is 0 Å². The van der Waals surface area contributed by atoms with Crippen LogP contribution in [0, 0.1) is 0 Å². The number of rotatable bonds is 1. The number of amides is 1. The van der Waals surface area contributed by atoms with Crippen molar-refractivity contribution >= 4 is 5.91 Å². The van der Waals surface area contributed by atoms with Crippen LogP contribution in [0.15, 0.2) is 36.0 Å². The van der Waals surface area contributed by atoms with Crippen molar-refractivity contribution in [1.82, 2.24) is 4.90 Å². The van der Waals surface area contributed by atoms with E-state index in [0.717, 1.165) is 0 Å². The van der Waals surface area contributed by atoms with E-state index in [4.69, 9.17) is 5.73 Å². The maximum Gasteiger partial charge on any atom is 0.253 e. The predicted molar refractivity (Wildman–Crippen MR) is 57.6 cm³/mol. The molecule has 1 amide bonds. The lowest BCUT2D eigenvalue weighted by atomic mass is 10.0. The molecular weight excluding hydrogens is 176 g/mol. The zero-order valence-corrected chi connectivity index (χ0v) is 8.82. The molecule has 0 saturated carbocycles. The first-order valence-electron chi connectivity index (χ1n) is 4.52. The molecule has 0 radical (unpaired) electrons. The van der Waals surface area contributed by atoms with E-state index in [9.17, 15) is 4.79 Å². The number of hydrogen-bond acceptors (Lipinski definition) is 2. The molecule has 0 heterocycles. The largest absolute Gasteiger partial charge is 0.345 e. The highest BCUT2D eigenvalue weighted by Gasteiger charge is 2.14. The molecule has 2 N–H and O–H groups in total. The molecule has 0 fully saturated rings. The van der Waals surface area contributed by atoms with Gasteiger partial charge in [-0.3, -0.25) is 4.79 Å². The third-order valence-electron chi connectivity index (χ3n) is 2.01. The van der Waals surface area contributed by atoms with E-state index in [1.807, 2.05) is 25.2 Å². The Morgan fingerprint density at radius 3 is 2.64 bits per heavy atom. The van der Waals surface area contributed by atoms with Crippen molar-refractivity contribution in [2.24, 2.45) is 5.73 Å².